The summed E-state index contributed by atoms with van der Waals surface area (Å²) in [7, 11) is -0.868. The molecule has 0 aliphatic rings. The molecule has 0 aliphatic carbocycles. The molecule has 170 valence electrons. The van der Waals surface area contributed by atoms with Gasteiger partial charge in [-0.3, -0.25) is 14.4 Å². The summed E-state index contributed by atoms with van der Waals surface area (Å²) in [6, 6.07) is 11.3. The van der Waals surface area contributed by atoms with Gasteiger partial charge in [0, 0.05) is 11.6 Å². The van der Waals surface area contributed by atoms with Crippen LogP contribution in [0.15, 0.2) is 42.5 Å². The maximum Gasteiger partial charge on any atom is 0.249 e. The summed E-state index contributed by atoms with van der Waals surface area (Å²) < 4.78 is 36.6. The van der Waals surface area contributed by atoms with Crippen LogP contribution in [0.1, 0.15) is 12.5 Å². The van der Waals surface area contributed by atoms with Gasteiger partial charge >= 0.3 is 0 Å². The van der Waals surface area contributed by atoms with Crippen LogP contribution in [-0.4, -0.2) is 51.0 Å². The number of methoxy groups -OCH3 is 2. The van der Waals surface area contributed by atoms with Gasteiger partial charge in [0.1, 0.15) is 11.0 Å². The van der Waals surface area contributed by atoms with Crippen molar-refractivity contribution in [1.82, 2.24) is 10.2 Å². The molecule has 1 atom stereocenters. The molecular weight excluding hydrogens is 452 g/mol. The van der Waals surface area contributed by atoms with E-state index in [-0.39, 0.29) is 10.8 Å². The minimum absolute atomic E-state index is 0.269. The van der Waals surface area contributed by atoms with E-state index in [1.807, 2.05) is 31.2 Å². The maximum atomic E-state index is 12.9. The Morgan fingerprint density at radius 2 is 1.72 bits per heavy atom. The number of amides is 1. The van der Waals surface area contributed by atoms with E-state index in [1.54, 1.807) is 12.1 Å². The highest BCUT2D eigenvalue weighted by Crippen LogP contribution is 2.33. The molecule has 11 heteroatoms. The number of aryl methyl sites for hydroxylation is 1. The number of aromatic nitrogens is 2. The molecule has 0 saturated carbocycles. The van der Waals surface area contributed by atoms with Crippen LogP contribution in [0.2, 0.25) is 0 Å². The van der Waals surface area contributed by atoms with Gasteiger partial charge in [0.2, 0.25) is 21.1 Å². The number of nitrogens with one attached hydrogen (secondary N) is 1. The lowest BCUT2D eigenvalue weighted by atomic mass is 10.2. The molecule has 1 N–H and O–H groups in total. The number of hydrogen-bond acceptors (Lipinski definition) is 8. The first-order chi connectivity index (χ1) is 15.1. The van der Waals surface area contributed by atoms with E-state index in [4.69, 9.17) is 9.47 Å². The topological polar surface area (TPSA) is 111 Å². The summed E-state index contributed by atoms with van der Waals surface area (Å²) >= 11 is 1.20. The molecule has 0 spiro atoms. The molecule has 1 aromatic heterocycles. The first kappa shape index (κ1) is 23.5. The molecule has 2 aromatic carbocycles. The highest BCUT2D eigenvalue weighted by molar-refractivity contribution is 7.92. The fourth-order valence-corrected chi connectivity index (χ4v) is 4.99. The first-order valence-corrected chi connectivity index (χ1v) is 12.2. The Bertz CT molecular complexity index is 1210. The molecule has 0 saturated heterocycles. The highest BCUT2D eigenvalue weighted by Gasteiger charge is 2.30. The lowest BCUT2D eigenvalue weighted by Crippen LogP contribution is -2.45. The number of ether oxygens (including phenoxy) is 2. The molecule has 0 fully saturated rings. The average molecular weight is 477 g/mol. The molecule has 3 rings (SSSR count). The van der Waals surface area contributed by atoms with Crippen molar-refractivity contribution >= 4 is 38.1 Å². The van der Waals surface area contributed by atoms with Crippen LogP contribution in [0.3, 0.4) is 0 Å². The molecule has 0 unspecified atom stereocenters. The van der Waals surface area contributed by atoms with Crippen LogP contribution in [0.4, 0.5) is 10.8 Å². The fraction of sp³-hybridized carbons (Fsp3) is 0.286. The van der Waals surface area contributed by atoms with Crippen molar-refractivity contribution in [2.24, 2.45) is 0 Å². The maximum absolute atomic E-state index is 12.9. The predicted molar refractivity (Wildman–Crippen MR) is 125 cm³/mol. The van der Waals surface area contributed by atoms with Gasteiger partial charge in [-0.1, -0.05) is 41.2 Å². The quantitative estimate of drug-likeness (QED) is 0.531. The van der Waals surface area contributed by atoms with Crippen molar-refractivity contribution in [2.75, 3.05) is 30.1 Å². The number of nitrogens with zero attached hydrogens (tertiary/aromatic N) is 3. The van der Waals surface area contributed by atoms with Crippen LogP contribution in [-0.2, 0) is 14.8 Å². The van der Waals surface area contributed by atoms with Crippen molar-refractivity contribution in [3.63, 3.8) is 0 Å². The summed E-state index contributed by atoms with van der Waals surface area (Å²) in [4.78, 5) is 12.9. The largest absolute Gasteiger partial charge is 0.493 e. The van der Waals surface area contributed by atoms with E-state index < -0.39 is 22.0 Å². The van der Waals surface area contributed by atoms with E-state index in [0.29, 0.717) is 16.5 Å². The smallest absolute Gasteiger partial charge is 0.249 e. The molecule has 1 heterocycles. The predicted octanol–water partition coefficient (Wildman–Crippen LogP) is 3.32. The third kappa shape index (κ3) is 5.17. The van der Waals surface area contributed by atoms with E-state index in [1.165, 1.54) is 38.5 Å². The van der Waals surface area contributed by atoms with E-state index in [2.05, 4.69) is 15.5 Å². The zero-order chi connectivity index (χ0) is 23.5. The summed E-state index contributed by atoms with van der Waals surface area (Å²) in [6.45, 7) is 3.48. The standard InChI is InChI=1S/C21H24N4O5S2/c1-13-6-8-15(9-7-13)20-23-24-21(31-20)22-19(26)14(2)25(32(5,27)28)16-10-11-17(29-3)18(12-16)30-4/h6-12,14H,1-5H3,(H,22,24,26)/t14-/m1/s1. The van der Waals surface area contributed by atoms with Gasteiger partial charge in [-0.15, -0.1) is 10.2 Å². The highest BCUT2D eigenvalue weighted by atomic mass is 32.2. The summed E-state index contributed by atoms with van der Waals surface area (Å²) in [6.07, 6.45) is 1.04. The molecule has 32 heavy (non-hydrogen) atoms. The van der Waals surface area contributed by atoms with Crippen LogP contribution in [0, 0.1) is 6.92 Å². The second-order valence-electron chi connectivity index (χ2n) is 7.04. The van der Waals surface area contributed by atoms with Crippen molar-refractivity contribution < 1.29 is 22.7 Å². The molecule has 0 radical (unpaired) electrons. The first-order valence-electron chi connectivity index (χ1n) is 9.57. The van der Waals surface area contributed by atoms with Crippen molar-refractivity contribution in [3.05, 3.63) is 48.0 Å². The molecule has 3 aromatic rings. The number of sulfonamides is 1. The Hall–Kier alpha value is -3.18. The number of rotatable bonds is 8. The van der Waals surface area contributed by atoms with Gasteiger partial charge in [0.05, 0.1) is 26.2 Å². The van der Waals surface area contributed by atoms with Gasteiger partial charge in [-0.05, 0) is 26.0 Å². The Morgan fingerprint density at radius 1 is 1.06 bits per heavy atom. The summed E-state index contributed by atoms with van der Waals surface area (Å²) in [5.41, 5.74) is 2.27. The van der Waals surface area contributed by atoms with E-state index in [9.17, 15) is 13.2 Å². The SMILES string of the molecule is COc1ccc(N([C@H](C)C(=O)Nc2nnc(-c3ccc(C)cc3)s2)S(C)(=O)=O)cc1OC. The molecule has 1 amide bonds. The van der Waals surface area contributed by atoms with Gasteiger partial charge in [-0.2, -0.15) is 0 Å². The van der Waals surface area contributed by atoms with Crippen LogP contribution >= 0.6 is 11.3 Å². The number of benzene rings is 2. The van der Waals surface area contributed by atoms with Gasteiger partial charge in [0.15, 0.2) is 11.5 Å². The molecule has 0 bridgehead atoms. The van der Waals surface area contributed by atoms with Crippen LogP contribution in [0.5, 0.6) is 11.5 Å². The Kier molecular flexibility index (Phi) is 6.99. The molecule has 9 nitrogen and oxygen atoms in total. The van der Waals surface area contributed by atoms with E-state index in [0.717, 1.165) is 21.7 Å². The second-order valence-corrected chi connectivity index (χ2v) is 9.88. The summed E-state index contributed by atoms with van der Waals surface area (Å²) in [5, 5.41) is 11.7. The van der Waals surface area contributed by atoms with Crippen molar-refractivity contribution in [3.8, 4) is 22.1 Å². The molecule has 0 aliphatic heterocycles. The number of carbonyl (C=O) groups excluding carboxylic acids is 1. The van der Waals surface area contributed by atoms with Gasteiger partial charge in [-0.25, -0.2) is 8.42 Å². The lowest BCUT2D eigenvalue weighted by molar-refractivity contribution is -0.116. The normalized spacial score (nSPS) is 12.2. The zero-order valence-electron chi connectivity index (χ0n) is 18.3. The number of hydrogen-bond donors (Lipinski definition) is 1. The molecular formula is C21H24N4O5S2. The minimum atomic E-state index is -3.80. The zero-order valence-corrected chi connectivity index (χ0v) is 20.0. The van der Waals surface area contributed by atoms with Gasteiger partial charge in [0.25, 0.3) is 0 Å². The monoisotopic (exact) mass is 476 g/mol. The summed E-state index contributed by atoms with van der Waals surface area (Å²) in [5.74, 6) is 0.245. The lowest BCUT2D eigenvalue weighted by Gasteiger charge is -2.28. The second kappa shape index (κ2) is 9.53. The fourth-order valence-electron chi connectivity index (χ4n) is 3.07. The third-order valence-corrected chi connectivity index (χ3v) is 6.79. The number of carbonyl (C=O) groups is 1. The van der Waals surface area contributed by atoms with Crippen LogP contribution in [0.25, 0.3) is 10.6 Å². The Labute approximate surface area is 191 Å². The Balaban J connectivity index is 1.84. The average Bonchev–Trinajstić information content (AvgIpc) is 3.21. The third-order valence-electron chi connectivity index (χ3n) is 4.66. The minimum Gasteiger partial charge on any atom is -0.493 e. The van der Waals surface area contributed by atoms with Crippen molar-refractivity contribution in [1.29, 1.82) is 0 Å². The van der Waals surface area contributed by atoms with E-state index >= 15 is 0 Å². The Morgan fingerprint density at radius 3 is 2.31 bits per heavy atom. The van der Waals surface area contributed by atoms with Crippen LogP contribution < -0.4 is 19.1 Å². The number of anilines is 2. The van der Waals surface area contributed by atoms with Gasteiger partial charge < -0.3 is 9.47 Å². The van der Waals surface area contributed by atoms with Crippen molar-refractivity contribution in [2.45, 2.75) is 19.9 Å².